The molecule has 0 aromatic carbocycles. The highest BCUT2D eigenvalue weighted by atomic mass is 16.1. The number of hydrogen-bond donors (Lipinski definition) is 0. The monoisotopic (exact) mass is 239 g/mol. The first kappa shape index (κ1) is 14.7. The molecule has 1 rings (SSSR count). The van der Waals surface area contributed by atoms with E-state index in [2.05, 4.69) is 25.7 Å². The van der Waals surface area contributed by atoms with E-state index in [4.69, 9.17) is 0 Å². The molecule has 1 saturated heterocycles. The van der Waals surface area contributed by atoms with Crippen LogP contribution >= 0.6 is 0 Å². The highest BCUT2D eigenvalue weighted by molar-refractivity contribution is 5.87. The third kappa shape index (κ3) is 4.42. The van der Waals surface area contributed by atoms with Gasteiger partial charge in [-0.1, -0.05) is 32.6 Å². The molecule has 1 aliphatic rings. The van der Waals surface area contributed by atoms with Crippen LogP contribution in [0.15, 0.2) is 0 Å². The lowest BCUT2D eigenvalue weighted by Crippen LogP contribution is -2.48. The summed E-state index contributed by atoms with van der Waals surface area (Å²) in [4.78, 5) is 14.6. The Morgan fingerprint density at radius 1 is 1.06 bits per heavy atom. The summed E-state index contributed by atoms with van der Waals surface area (Å²) in [6, 6.07) is 0. The summed E-state index contributed by atoms with van der Waals surface area (Å²) >= 11 is 0. The van der Waals surface area contributed by atoms with Gasteiger partial charge >= 0.3 is 0 Å². The zero-order valence-electron chi connectivity index (χ0n) is 11.9. The Labute approximate surface area is 107 Å². The second-order valence-corrected chi connectivity index (χ2v) is 5.84. The van der Waals surface area contributed by atoms with Crippen LogP contribution in [0.5, 0.6) is 0 Å². The van der Waals surface area contributed by atoms with E-state index < -0.39 is 0 Å². The van der Waals surface area contributed by atoms with Crippen LogP contribution in [0.2, 0.25) is 0 Å². The molecule has 0 unspecified atom stereocenters. The van der Waals surface area contributed by atoms with Gasteiger partial charge in [0.15, 0.2) is 5.78 Å². The van der Waals surface area contributed by atoms with Crippen LogP contribution in [0, 0.1) is 0 Å². The minimum absolute atomic E-state index is 0.221. The summed E-state index contributed by atoms with van der Waals surface area (Å²) < 4.78 is 0. The molecule has 2 heteroatoms. The van der Waals surface area contributed by atoms with Crippen molar-refractivity contribution in [1.82, 2.24) is 4.90 Å². The molecule has 100 valence electrons. The molecule has 0 spiro atoms. The van der Waals surface area contributed by atoms with Gasteiger partial charge in [-0.05, 0) is 46.2 Å². The predicted octanol–water partition coefficient (Wildman–Crippen LogP) is 3.79. The Bertz CT molecular complexity index is 229. The van der Waals surface area contributed by atoms with Crippen LogP contribution in [0.25, 0.3) is 0 Å². The fraction of sp³-hybridized carbons (Fsp3) is 0.933. The molecule has 1 heterocycles. The second-order valence-electron chi connectivity index (χ2n) is 5.84. The molecule has 0 atom stereocenters. The Balaban J connectivity index is 2.25. The molecular weight excluding hydrogens is 210 g/mol. The van der Waals surface area contributed by atoms with E-state index >= 15 is 0 Å². The summed E-state index contributed by atoms with van der Waals surface area (Å²) in [5.41, 5.74) is -0.221. The van der Waals surface area contributed by atoms with Crippen LogP contribution in [0.4, 0.5) is 0 Å². The molecule has 0 amide bonds. The molecule has 1 aliphatic heterocycles. The fourth-order valence-electron chi connectivity index (χ4n) is 2.65. The summed E-state index contributed by atoms with van der Waals surface area (Å²) in [6.45, 7) is 8.64. The Morgan fingerprint density at radius 2 is 1.65 bits per heavy atom. The van der Waals surface area contributed by atoms with Gasteiger partial charge in [0.2, 0.25) is 0 Å². The number of rotatable bonds is 8. The SMILES string of the molecule is CCCCCCCC(=O)C(C)(C)N1CCCC1. The smallest absolute Gasteiger partial charge is 0.152 e. The molecular formula is C15H29NO. The van der Waals surface area contributed by atoms with Gasteiger partial charge in [0.1, 0.15) is 0 Å². The molecule has 17 heavy (non-hydrogen) atoms. The largest absolute Gasteiger partial charge is 0.298 e. The van der Waals surface area contributed by atoms with Crippen molar-refractivity contribution < 1.29 is 4.79 Å². The van der Waals surface area contributed by atoms with E-state index in [0.717, 1.165) is 25.9 Å². The van der Waals surface area contributed by atoms with Crippen molar-refractivity contribution in [2.24, 2.45) is 0 Å². The van der Waals surface area contributed by atoms with Crippen molar-refractivity contribution in [2.45, 2.75) is 77.7 Å². The maximum atomic E-state index is 12.2. The molecule has 1 fully saturated rings. The van der Waals surface area contributed by atoms with Crippen LogP contribution in [-0.2, 0) is 4.79 Å². The molecule has 0 aliphatic carbocycles. The van der Waals surface area contributed by atoms with Crippen molar-refractivity contribution >= 4 is 5.78 Å². The molecule has 0 N–H and O–H groups in total. The number of hydrogen-bond acceptors (Lipinski definition) is 2. The van der Waals surface area contributed by atoms with E-state index in [1.165, 1.54) is 38.5 Å². The highest BCUT2D eigenvalue weighted by Crippen LogP contribution is 2.23. The Kier molecular flexibility index (Phi) is 6.18. The number of carbonyl (C=O) groups excluding carboxylic acids is 1. The van der Waals surface area contributed by atoms with Gasteiger partial charge in [0.25, 0.3) is 0 Å². The van der Waals surface area contributed by atoms with Gasteiger partial charge in [-0.15, -0.1) is 0 Å². The maximum Gasteiger partial charge on any atom is 0.152 e. The maximum absolute atomic E-state index is 12.2. The number of carbonyl (C=O) groups is 1. The van der Waals surface area contributed by atoms with Crippen LogP contribution in [0.1, 0.15) is 72.1 Å². The number of ketones is 1. The third-order valence-corrected chi connectivity index (χ3v) is 4.09. The van der Waals surface area contributed by atoms with E-state index in [0.29, 0.717) is 5.78 Å². The summed E-state index contributed by atoms with van der Waals surface area (Å²) in [5, 5.41) is 0. The quantitative estimate of drug-likeness (QED) is 0.601. The first-order valence-electron chi connectivity index (χ1n) is 7.37. The summed E-state index contributed by atoms with van der Waals surface area (Å²) in [7, 11) is 0. The third-order valence-electron chi connectivity index (χ3n) is 4.09. The molecule has 0 aromatic heterocycles. The number of nitrogens with zero attached hydrogens (tertiary/aromatic N) is 1. The van der Waals surface area contributed by atoms with Gasteiger partial charge in [0.05, 0.1) is 5.54 Å². The topological polar surface area (TPSA) is 20.3 Å². The van der Waals surface area contributed by atoms with Crippen molar-refractivity contribution in [1.29, 1.82) is 0 Å². The molecule has 0 aromatic rings. The van der Waals surface area contributed by atoms with Crippen molar-refractivity contribution in [3.8, 4) is 0 Å². The van der Waals surface area contributed by atoms with E-state index in [-0.39, 0.29) is 5.54 Å². The minimum Gasteiger partial charge on any atom is -0.298 e. The van der Waals surface area contributed by atoms with Crippen LogP contribution in [0.3, 0.4) is 0 Å². The lowest BCUT2D eigenvalue weighted by molar-refractivity contribution is -0.129. The van der Waals surface area contributed by atoms with Crippen LogP contribution in [-0.4, -0.2) is 29.3 Å². The van der Waals surface area contributed by atoms with Gasteiger partial charge in [-0.25, -0.2) is 0 Å². The van der Waals surface area contributed by atoms with Gasteiger partial charge in [0, 0.05) is 6.42 Å². The normalized spacial score (nSPS) is 17.6. The van der Waals surface area contributed by atoms with Crippen molar-refractivity contribution in [3.63, 3.8) is 0 Å². The highest BCUT2D eigenvalue weighted by Gasteiger charge is 2.34. The average molecular weight is 239 g/mol. The fourth-order valence-corrected chi connectivity index (χ4v) is 2.65. The van der Waals surface area contributed by atoms with Gasteiger partial charge in [-0.3, -0.25) is 9.69 Å². The van der Waals surface area contributed by atoms with Gasteiger partial charge < -0.3 is 0 Å². The Hall–Kier alpha value is -0.370. The van der Waals surface area contributed by atoms with Gasteiger partial charge in [-0.2, -0.15) is 0 Å². The zero-order chi connectivity index (χ0) is 12.7. The average Bonchev–Trinajstić information content (AvgIpc) is 2.82. The summed E-state index contributed by atoms with van der Waals surface area (Å²) in [6.07, 6.45) is 9.45. The first-order valence-corrected chi connectivity index (χ1v) is 7.37. The standard InChI is InChI=1S/C15H29NO/c1-4-5-6-7-8-11-14(17)15(2,3)16-12-9-10-13-16/h4-13H2,1-3H3. The summed E-state index contributed by atoms with van der Waals surface area (Å²) in [5.74, 6) is 0.441. The van der Waals surface area contributed by atoms with E-state index in [1.807, 2.05) is 0 Å². The van der Waals surface area contributed by atoms with E-state index in [1.54, 1.807) is 0 Å². The molecule has 2 nitrogen and oxygen atoms in total. The Morgan fingerprint density at radius 3 is 2.24 bits per heavy atom. The number of Topliss-reactive ketones (excluding diaryl/α,β-unsaturated/α-hetero) is 1. The molecule has 0 radical (unpaired) electrons. The van der Waals surface area contributed by atoms with Crippen molar-refractivity contribution in [2.75, 3.05) is 13.1 Å². The van der Waals surface area contributed by atoms with Crippen molar-refractivity contribution in [3.05, 3.63) is 0 Å². The second kappa shape index (κ2) is 7.15. The van der Waals surface area contributed by atoms with E-state index in [9.17, 15) is 4.79 Å². The van der Waals surface area contributed by atoms with Crippen LogP contribution < -0.4 is 0 Å². The first-order chi connectivity index (χ1) is 8.09. The molecule has 0 bridgehead atoms. The molecule has 0 saturated carbocycles. The lowest BCUT2D eigenvalue weighted by Gasteiger charge is -2.34. The minimum atomic E-state index is -0.221. The predicted molar refractivity (Wildman–Crippen MR) is 73.3 cm³/mol. The number of unbranched alkanes of at least 4 members (excludes halogenated alkanes) is 4. The zero-order valence-corrected chi connectivity index (χ0v) is 11.9. The number of likely N-dealkylation sites (tertiary alicyclic amines) is 1. The lowest BCUT2D eigenvalue weighted by atomic mass is 9.92.